The number of benzene rings is 2. The molecule has 0 aromatic heterocycles. The van der Waals surface area contributed by atoms with Crippen molar-refractivity contribution in [3.8, 4) is 11.5 Å². The molecule has 0 saturated heterocycles. The fraction of sp³-hybridized carbons (Fsp3) is 0.222. The van der Waals surface area contributed by atoms with Gasteiger partial charge in [-0.05, 0) is 24.1 Å². The maximum absolute atomic E-state index is 12.3. The Morgan fingerprint density at radius 1 is 1.00 bits per heavy atom. The third-order valence-electron chi connectivity index (χ3n) is 3.35. The average Bonchev–Trinajstić information content (AvgIpc) is 2.62. The van der Waals surface area contributed by atoms with Crippen LogP contribution in [0.5, 0.6) is 11.5 Å². The quantitative estimate of drug-likeness (QED) is 0.658. The number of carbonyl (C=O) groups is 1. The van der Waals surface area contributed by atoms with Gasteiger partial charge in [0, 0.05) is 11.6 Å². The van der Waals surface area contributed by atoms with Crippen LogP contribution in [0.25, 0.3) is 0 Å². The van der Waals surface area contributed by atoms with Gasteiger partial charge in [-0.1, -0.05) is 37.3 Å². The van der Waals surface area contributed by atoms with Crippen LogP contribution in [0.2, 0.25) is 0 Å². The molecule has 5 nitrogen and oxygen atoms in total. The highest BCUT2D eigenvalue weighted by Crippen LogP contribution is 2.22. The summed E-state index contributed by atoms with van der Waals surface area (Å²) in [4.78, 5) is 12.3. The summed E-state index contributed by atoms with van der Waals surface area (Å²) < 4.78 is 10.3. The van der Waals surface area contributed by atoms with E-state index in [2.05, 4.69) is 10.5 Å². The Hall–Kier alpha value is -2.82. The fourth-order valence-corrected chi connectivity index (χ4v) is 2.10. The molecule has 2 aromatic carbocycles. The second-order valence-electron chi connectivity index (χ2n) is 4.82. The van der Waals surface area contributed by atoms with Crippen LogP contribution in [-0.2, 0) is 0 Å². The number of hydrogen-bond acceptors (Lipinski definition) is 4. The van der Waals surface area contributed by atoms with E-state index in [0.717, 1.165) is 11.3 Å². The van der Waals surface area contributed by atoms with E-state index < -0.39 is 0 Å². The van der Waals surface area contributed by atoms with E-state index >= 15 is 0 Å². The van der Waals surface area contributed by atoms with Crippen molar-refractivity contribution in [1.29, 1.82) is 0 Å². The summed E-state index contributed by atoms with van der Waals surface area (Å²) >= 11 is 0. The van der Waals surface area contributed by atoms with Gasteiger partial charge in [-0.3, -0.25) is 4.79 Å². The minimum absolute atomic E-state index is 0.316. The van der Waals surface area contributed by atoms with E-state index in [1.165, 1.54) is 0 Å². The van der Waals surface area contributed by atoms with Gasteiger partial charge < -0.3 is 9.47 Å². The Kier molecular flexibility index (Phi) is 5.74. The molecule has 0 fully saturated rings. The standard InChI is InChI=1S/C18H20N2O3/c1-4-17(13-8-6-5-7-9-13)19-20-18(21)14-10-15(22-2)12-16(11-14)23-3/h5-12H,4H2,1-3H3,(H,20,21)/b19-17+. The highest BCUT2D eigenvalue weighted by atomic mass is 16.5. The zero-order valence-corrected chi connectivity index (χ0v) is 13.5. The molecule has 5 heteroatoms. The lowest BCUT2D eigenvalue weighted by Crippen LogP contribution is -2.20. The van der Waals surface area contributed by atoms with Gasteiger partial charge >= 0.3 is 0 Å². The van der Waals surface area contributed by atoms with Gasteiger partial charge in [-0.25, -0.2) is 5.43 Å². The van der Waals surface area contributed by atoms with Crippen molar-refractivity contribution in [3.63, 3.8) is 0 Å². The summed E-state index contributed by atoms with van der Waals surface area (Å²) in [5.41, 5.74) is 4.81. The summed E-state index contributed by atoms with van der Waals surface area (Å²) in [5.74, 6) is 0.790. The number of methoxy groups -OCH3 is 2. The summed E-state index contributed by atoms with van der Waals surface area (Å²) in [7, 11) is 3.08. The molecule has 2 aromatic rings. The second-order valence-corrected chi connectivity index (χ2v) is 4.82. The monoisotopic (exact) mass is 312 g/mol. The first-order chi connectivity index (χ1) is 11.2. The topological polar surface area (TPSA) is 59.9 Å². The molecular weight excluding hydrogens is 292 g/mol. The van der Waals surface area contributed by atoms with E-state index in [0.29, 0.717) is 23.5 Å². The number of amides is 1. The van der Waals surface area contributed by atoms with E-state index in [4.69, 9.17) is 9.47 Å². The lowest BCUT2D eigenvalue weighted by molar-refractivity contribution is 0.0954. The molecule has 0 radical (unpaired) electrons. The molecule has 0 aliphatic carbocycles. The van der Waals surface area contributed by atoms with Gasteiger partial charge in [0.15, 0.2) is 0 Å². The average molecular weight is 312 g/mol. The number of nitrogens with one attached hydrogen (secondary N) is 1. The van der Waals surface area contributed by atoms with Crippen molar-refractivity contribution >= 4 is 11.6 Å². The van der Waals surface area contributed by atoms with Crippen LogP contribution in [-0.4, -0.2) is 25.8 Å². The molecule has 0 spiro atoms. The fourth-order valence-electron chi connectivity index (χ4n) is 2.10. The van der Waals surface area contributed by atoms with Crippen molar-refractivity contribution in [2.45, 2.75) is 13.3 Å². The Bertz CT molecular complexity index is 674. The predicted octanol–water partition coefficient (Wildman–Crippen LogP) is 3.25. The van der Waals surface area contributed by atoms with Gasteiger partial charge in [0.05, 0.1) is 19.9 Å². The van der Waals surface area contributed by atoms with Crippen molar-refractivity contribution in [2.75, 3.05) is 14.2 Å². The van der Waals surface area contributed by atoms with Crippen molar-refractivity contribution < 1.29 is 14.3 Å². The first kappa shape index (κ1) is 16.5. The van der Waals surface area contributed by atoms with E-state index in [1.54, 1.807) is 32.4 Å². The molecule has 0 atom stereocenters. The molecule has 1 N–H and O–H groups in total. The highest BCUT2D eigenvalue weighted by Gasteiger charge is 2.10. The van der Waals surface area contributed by atoms with Gasteiger partial charge in [-0.2, -0.15) is 5.10 Å². The Balaban J connectivity index is 2.19. The molecule has 0 bridgehead atoms. The van der Waals surface area contributed by atoms with E-state index in [-0.39, 0.29) is 5.91 Å². The zero-order chi connectivity index (χ0) is 16.7. The van der Waals surface area contributed by atoms with Gasteiger partial charge in [-0.15, -0.1) is 0 Å². The highest BCUT2D eigenvalue weighted by molar-refractivity contribution is 6.02. The maximum Gasteiger partial charge on any atom is 0.271 e. The molecule has 0 aliphatic rings. The van der Waals surface area contributed by atoms with Crippen molar-refractivity contribution in [3.05, 3.63) is 59.7 Å². The van der Waals surface area contributed by atoms with Crippen LogP contribution in [0.3, 0.4) is 0 Å². The molecule has 0 aliphatic heterocycles. The van der Waals surface area contributed by atoms with Crippen LogP contribution in [0, 0.1) is 0 Å². The summed E-state index contributed by atoms with van der Waals surface area (Å²) in [6.07, 6.45) is 0.714. The number of nitrogens with zero attached hydrogens (tertiary/aromatic N) is 1. The number of ether oxygens (including phenoxy) is 2. The summed E-state index contributed by atoms with van der Waals surface area (Å²) in [5, 5.41) is 4.24. The number of rotatable bonds is 6. The smallest absolute Gasteiger partial charge is 0.271 e. The third-order valence-corrected chi connectivity index (χ3v) is 3.35. The molecule has 2 rings (SSSR count). The Labute approximate surface area is 135 Å². The van der Waals surface area contributed by atoms with Crippen LogP contribution in [0.15, 0.2) is 53.6 Å². The van der Waals surface area contributed by atoms with Gasteiger partial charge in [0.25, 0.3) is 5.91 Å². The largest absolute Gasteiger partial charge is 0.497 e. The predicted molar refractivity (Wildman–Crippen MR) is 90.3 cm³/mol. The molecular formula is C18H20N2O3. The van der Waals surface area contributed by atoms with Crippen molar-refractivity contribution in [1.82, 2.24) is 5.43 Å². The Morgan fingerprint density at radius 3 is 2.13 bits per heavy atom. The summed E-state index contributed by atoms with van der Waals surface area (Å²) in [6, 6.07) is 14.7. The first-order valence-corrected chi connectivity index (χ1v) is 7.33. The van der Waals surface area contributed by atoms with E-state index in [1.807, 2.05) is 37.3 Å². The summed E-state index contributed by atoms with van der Waals surface area (Å²) in [6.45, 7) is 1.99. The molecule has 23 heavy (non-hydrogen) atoms. The van der Waals surface area contributed by atoms with Crippen LogP contribution in [0.4, 0.5) is 0 Å². The lowest BCUT2D eigenvalue weighted by atomic mass is 10.1. The molecule has 0 heterocycles. The maximum atomic E-state index is 12.3. The lowest BCUT2D eigenvalue weighted by Gasteiger charge is -2.08. The molecule has 0 unspecified atom stereocenters. The molecule has 0 saturated carbocycles. The normalized spacial score (nSPS) is 11.0. The number of hydrazone groups is 1. The van der Waals surface area contributed by atoms with E-state index in [9.17, 15) is 4.79 Å². The minimum atomic E-state index is -0.316. The SMILES string of the molecule is CC/C(=N\NC(=O)c1cc(OC)cc(OC)c1)c1ccccc1. The molecule has 1 amide bonds. The van der Waals surface area contributed by atoms with Crippen LogP contribution in [0.1, 0.15) is 29.3 Å². The number of hydrogen-bond donors (Lipinski definition) is 1. The third kappa shape index (κ3) is 4.32. The minimum Gasteiger partial charge on any atom is -0.497 e. The van der Waals surface area contributed by atoms with Gasteiger partial charge in [0.1, 0.15) is 11.5 Å². The Morgan fingerprint density at radius 2 is 1.61 bits per heavy atom. The van der Waals surface area contributed by atoms with Crippen LogP contribution >= 0.6 is 0 Å². The van der Waals surface area contributed by atoms with Gasteiger partial charge in [0.2, 0.25) is 0 Å². The van der Waals surface area contributed by atoms with Crippen LogP contribution < -0.4 is 14.9 Å². The van der Waals surface area contributed by atoms with Crippen molar-refractivity contribution in [2.24, 2.45) is 5.10 Å². The second kappa shape index (κ2) is 7.98. The number of carbonyl (C=O) groups excluding carboxylic acids is 1. The zero-order valence-electron chi connectivity index (χ0n) is 13.5. The molecule has 120 valence electrons. The first-order valence-electron chi connectivity index (χ1n) is 7.33.